The lowest BCUT2D eigenvalue weighted by atomic mass is 10.2. The van der Waals surface area contributed by atoms with Gasteiger partial charge in [-0.1, -0.05) is 18.2 Å². The van der Waals surface area contributed by atoms with Crippen LogP contribution in [-0.2, 0) is 6.54 Å². The van der Waals surface area contributed by atoms with Gasteiger partial charge in [0.1, 0.15) is 5.75 Å². The second-order valence-corrected chi connectivity index (χ2v) is 3.26. The first-order valence-electron chi connectivity index (χ1n) is 4.75. The normalized spacial score (nSPS) is 12.1. The van der Waals surface area contributed by atoms with Gasteiger partial charge in [-0.15, -0.1) is 6.58 Å². The molecule has 0 fully saturated rings. The van der Waals surface area contributed by atoms with Crippen molar-refractivity contribution in [1.82, 2.24) is 5.32 Å². The van der Waals surface area contributed by atoms with Crippen molar-refractivity contribution >= 4 is 0 Å². The van der Waals surface area contributed by atoms with Gasteiger partial charge >= 0.3 is 0 Å². The van der Waals surface area contributed by atoms with Gasteiger partial charge in [0.2, 0.25) is 0 Å². The highest BCUT2D eigenvalue weighted by molar-refractivity contribution is 5.28. The van der Waals surface area contributed by atoms with E-state index in [4.69, 9.17) is 4.74 Å². The molecule has 1 N–H and O–H groups in total. The molecule has 0 aliphatic heterocycles. The van der Waals surface area contributed by atoms with E-state index in [9.17, 15) is 0 Å². The van der Waals surface area contributed by atoms with Crippen molar-refractivity contribution in [2.24, 2.45) is 0 Å². The zero-order valence-corrected chi connectivity index (χ0v) is 8.79. The molecule has 76 valence electrons. The van der Waals surface area contributed by atoms with Gasteiger partial charge in [-0.05, 0) is 24.6 Å². The number of hydrogen-bond acceptors (Lipinski definition) is 2. The van der Waals surface area contributed by atoms with Gasteiger partial charge in [0.15, 0.2) is 0 Å². The Morgan fingerprint density at radius 2 is 2.36 bits per heavy atom. The number of benzene rings is 1. The fraction of sp³-hybridized carbons (Fsp3) is 0.333. The average molecular weight is 191 g/mol. The van der Waals surface area contributed by atoms with Crippen LogP contribution in [0.25, 0.3) is 0 Å². The number of nitrogens with one attached hydrogen (secondary N) is 1. The van der Waals surface area contributed by atoms with Crippen LogP contribution >= 0.6 is 0 Å². The Kier molecular flexibility index (Phi) is 4.20. The van der Waals surface area contributed by atoms with Gasteiger partial charge in [-0.25, -0.2) is 0 Å². The molecule has 14 heavy (non-hydrogen) atoms. The molecule has 0 spiro atoms. The largest absolute Gasteiger partial charge is 0.497 e. The molecular weight excluding hydrogens is 174 g/mol. The predicted octanol–water partition coefficient (Wildman–Crippen LogP) is 2.36. The Labute approximate surface area is 85.6 Å². The minimum absolute atomic E-state index is 0.334. The van der Waals surface area contributed by atoms with Gasteiger partial charge in [-0.3, -0.25) is 0 Å². The van der Waals surface area contributed by atoms with E-state index in [0.29, 0.717) is 6.04 Å². The summed E-state index contributed by atoms with van der Waals surface area (Å²) in [4.78, 5) is 0. The third-order valence-electron chi connectivity index (χ3n) is 2.12. The van der Waals surface area contributed by atoms with Gasteiger partial charge in [0, 0.05) is 12.6 Å². The molecule has 0 saturated carbocycles. The minimum Gasteiger partial charge on any atom is -0.497 e. The van der Waals surface area contributed by atoms with E-state index in [0.717, 1.165) is 12.3 Å². The SMILES string of the molecule is C=CC(C)NCc1cccc(OC)c1. The van der Waals surface area contributed by atoms with E-state index in [1.807, 2.05) is 24.3 Å². The van der Waals surface area contributed by atoms with Crippen molar-refractivity contribution in [2.45, 2.75) is 19.5 Å². The summed E-state index contributed by atoms with van der Waals surface area (Å²) >= 11 is 0. The van der Waals surface area contributed by atoms with E-state index in [-0.39, 0.29) is 0 Å². The first kappa shape index (κ1) is 10.8. The highest BCUT2D eigenvalue weighted by atomic mass is 16.5. The Bertz CT molecular complexity index is 296. The number of hydrogen-bond donors (Lipinski definition) is 1. The molecule has 0 heterocycles. The molecule has 0 saturated heterocycles. The van der Waals surface area contributed by atoms with Crippen molar-refractivity contribution < 1.29 is 4.74 Å². The lowest BCUT2D eigenvalue weighted by molar-refractivity contribution is 0.414. The third kappa shape index (κ3) is 3.23. The molecule has 0 aliphatic carbocycles. The molecule has 1 rings (SSSR count). The van der Waals surface area contributed by atoms with E-state index in [2.05, 4.69) is 24.9 Å². The zero-order valence-electron chi connectivity index (χ0n) is 8.79. The number of ether oxygens (including phenoxy) is 1. The van der Waals surface area contributed by atoms with Gasteiger partial charge in [0.25, 0.3) is 0 Å². The summed E-state index contributed by atoms with van der Waals surface area (Å²) in [6.07, 6.45) is 1.89. The predicted molar refractivity (Wildman–Crippen MR) is 59.5 cm³/mol. The number of methoxy groups -OCH3 is 1. The second-order valence-electron chi connectivity index (χ2n) is 3.26. The highest BCUT2D eigenvalue weighted by Gasteiger charge is 1.97. The molecule has 1 unspecified atom stereocenters. The zero-order chi connectivity index (χ0) is 10.4. The van der Waals surface area contributed by atoms with Crippen LogP contribution in [0, 0.1) is 0 Å². The molecule has 2 heteroatoms. The monoisotopic (exact) mass is 191 g/mol. The molecule has 1 aromatic carbocycles. The van der Waals surface area contributed by atoms with E-state index in [1.54, 1.807) is 7.11 Å². The summed E-state index contributed by atoms with van der Waals surface area (Å²) in [6, 6.07) is 8.38. The van der Waals surface area contributed by atoms with Crippen molar-refractivity contribution in [3.8, 4) is 5.75 Å². The Morgan fingerprint density at radius 1 is 1.57 bits per heavy atom. The first-order chi connectivity index (χ1) is 6.76. The fourth-order valence-corrected chi connectivity index (χ4v) is 1.14. The van der Waals surface area contributed by atoms with Crippen LogP contribution in [0.1, 0.15) is 12.5 Å². The van der Waals surface area contributed by atoms with Crippen LogP contribution < -0.4 is 10.1 Å². The van der Waals surface area contributed by atoms with Crippen molar-refractivity contribution in [3.05, 3.63) is 42.5 Å². The van der Waals surface area contributed by atoms with Gasteiger partial charge in [0.05, 0.1) is 7.11 Å². The van der Waals surface area contributed by atoms with Crippen LogP contribution in [0.3, 0.4) is 0 Å². The standard InChI is InChI=1S/C12H17NO/c1-4-10(2)13-9-11-6-5-7-12(8-11)14-3/h4-8,10,13H,1,9H2,2-3H3. The Hall–Kier alpha value is -1.28. The Morgan fingerprint density at radius 3 is 3.00 bits per heavy atom. The van der Waals surface area contributed by atoms with E-state index >= 15 is 0 Å². The summed E-state index contributed by atoms with van der Waals surface area (Å²) in [5, 5.41) is 3.33. The summed E-state index contributed by atoms with van der Waals surface area (Å²) in [7, 11) is 1.68. The molecule has 0 aromatic heterocycles. The molecule has 0 aliphatic rings. The molecule has 0 bridgehead atoms. The van der Waals surface area contributed by atoms with Crippen LogP contribution in [0.2, 0.25) is 0 Å². The summed E-state index contributed by atoms with van der Waals surface area (Å²) in [5.74, 6) is 0.899. The lowest BCUT2D eigenvalue weighted by Crippen LogP contribution is -2.22. The highest BCUT2D eigenvalue weighted by Crippen LogP contribution is 2.12. The van der Waals surface area contributed by atoms with Gasteiger partial charge in [-0.2, -0.15) is 0 Å². The molecule has 1 atom stereocenters. The van der Waals surface area contributed by atoms with Crippen LogP contribution in [0.15, 0.2) is 36.9 Å². The molecular formula is C12H17NO. The molecule has 2 nitrogen and oxygen atoms in total. The summed E-state index contributed by atoms with van der Waals surface area (Å²) < 4.78 is 5.14. The van der Waals surface area contributed by atoms with Crippen LogP contribution in [0.5, 0.6) is 5.75 Å². The quantitative estimate of drug-likeness (QED) is 0.721. The maximum absolute atomic E-state index is 5.14. The topological polar surface area (TPSA) is 21.3 Å². The van der Waals surface area contributed by atoms with Crippen molar-refractivity contribution in [1.29, 1.82) is 0 Å². The smallest absolute Gasteiger partial charge is 0.119 e. The lowest BCUT2D eigenvalue weighted by Gasteiger charge is -2.09. The molecule has 1 aromatic rings. The van der Waals surface area contributed by atoms with E-state index in [1.165, 1.54) is 5.56 Å². The molecule has 0 radical (unpaired) electrons. The maximum atomic E-state index is 5.14. The average Bonchev–Trinajstić information content (AvgIpc) is 2.26. The first-order valence-corrected chi connectivity index (χ1v) is 4.75. The fourth-order valence-electron chi connectivity index (χ4n) is 1.14. The van der Waals surface area contributed by atoms with Gasteiger partial charge < -0.3 is 10.1 Å². The Balaban J connectivity index is 2.54. The maximum Gasteiger partial charge on any atom is 0.119 e. The van der Waals surface area contributed by atoms with Crippen LogP contribution in [-0.4, -0.2) is 13.2 Å². The second kappa shape index (κ2) is 5.45. The minimum atomic E-state index is 0.334. The summed E-state index contributed by atoms with van der Waals surface area (Å²) in [5.41, 5.74) is 1.22. The third-order valence-corrected chi connectivity index (χ3v) is 2.12. The summed E-state index contributed by atoms with van der Waals surface area (Å²) in [6.45, 7) is 6.63. The van der Waals surface area contributed by atoms with Crippen LogP contribution in [0.4, 0.5) is 0 Å². The van der Waals surface area contributed by atoms with Crippen molar-refractivity contribution in [3.63, 3.8) is 0 Å². The van der Waals surface area contributed by atoms with Crippen molar-refractivity contribution in [2.75, 3.05) is 7.11 Å². The van der Waals surface area contributed by atoms with E-state index < -0.39 is 0 Å². The number of rotatable bonds is 5. The molecule has 0 amide bonds.